The summed E-state index contributed by atoms with van der Waals surface area (Å²) in [6, 6.07) is 18.3. The van der Waals surface area contributed by atoms with Crippen molar-refractivity contribution in [3.8, 4) is 11.8 Å². The summed E-state index contributed by atoms with van der Waals surface area (Å²) in [5.74, 6) is 0.362. The summed E-state index contributed by atoms with van der Waals surface area (Å²) in [4.78, 5) is 24.1. The van der Waals surface area contributed by atoms with E-state index < -0.39 is 12.0 Å². The number of halogens is 1. The summed E-state index contributed by atoms with van der Waals surface area (Å²) in [5, 5.41) is 14.9. The lowest BCUT2D eigenvalue weighted by atomic mass is 10.1. The second kappa shape index (κ2) is 9.96. The van der Waals surface area contributed by atoms with E-state index in [1.54, 1.807) is 60.7 Å². The number of amides is 2. The molecule has 1 aromatic heterocycles. The summed E-state index contributed by atoms with van der Waals surface area (Å²) >= 11 is 5.87. The number of carbonyl (C=O) groups excluding carboxylic acids is 2. The van der Waals surface area contributed by atoms with Crippen LogP contribution in [0.1, 0.15) is 11.3 Å². The number of nitrogens with zero attached hydrogens (tertiary/aromatic N) is 1. The molecule has 0 aliphatic carbocycles. The molecule has 0 fully saturated rings. The average molecular weight is 422 g/mol. The molecule has 0 saturated carbocycles. The molecule has 2 aromatic carbocycles. The highest BCUT2D eigenvalue weighted by atomic mass is 35.5. The van der Waals surface area contributed by atoms with Crippen molar-refractivity contribution in [2.24, 2.45) is 0 Å². The molecule has 150 valence electrons. The Balaban J connectivity index is 1.58. The minimum absolute atomic E-state index is 0.0612. The molecular formula is C22H16ClN3O4. The molecule has 0 spiro atoms. The van der Waals surface area contributed by atoms with E-state index in [2.05, 4.69) is 10.6 Å². The van der Waals surface area contributed by atoms with Crippen LogP contribution in [0.5, 0.6) is 5.75 Å². The van der Waals surface area contributed by atoms with Gasteiger partial charge in [0.15, 0.2) is 0 Å². The molecule has 30 heavy (non-hydrogen) atoms. The van der Waals surface area contributed by atoms with Crippen LogP contribution in [0.4, 0.5) is 10.5 Å². The smallest absolute Gasteiger partial charge is 0.417 e. The van der Waals surface area contributed by atoms with E-state index >= 15 is 0 Å². The van der Waals surface area contributed by atoms with Crippen LogP contribution in [-0.4, -0.2) is 12.0 Å². The van der Waals surface area contributed by atoms with Crippen molar-refractivity contribution in [2.75, 3.05) is 5.32 Å². The number of hydrogen-bond acceptors (Lipinski definition) is 5. The van der Waals surface area contributed by atoms with Gasteiger partial charge in [-0.15, -0.1) is 0 Å². The minimum atomic E-state index is -0.671. The quantitative estimate of drug-likeness (QED) is 0.440. The first-order chi connectivity index (χ1) is 14.5. The number of ether oxygens (including phenoxy) is 1. The van der Waals surface area contributed by atoms with E-state index in [4.69, 9.17) is 20.8 Å². The van der Waals surface area contributed by atoms with Crippen LogP contribution in [0.25, 0.3) is 6.08 Å². The number of furan rings is 1. The fourth-order valence-electron chi connectivity index (χ4n) is 2.44. The van der Waals surface area contributed by atoms with Crippen molar-refractivity contribution < 1.29 is 18.7 Å². The zero-order valence-electron chi connectivity index (χ0n) is 15.6. The van der Waals surface area contributed by atoms with Gasteiger partial charge < -0.3 is 14.5 Å². The third kappa shape index (κ3) is 5.99. The Bertz CT molecular complexity index is 1100. The lowest BCUT2D eigenvalue weighted by Gasteiger charge is -2.07. The van der Waals surface area contributed by atoms with Crippen LogP contribution >= 0.6 is 11.6 Å². The summed E-state index contributed by atoms with van der Waals surface area (Å²) in [6.07, 6.45) is 2.27. The van der Waals surface area contributed by atoms with E-state index in [0.29, 0.717) is 27.8 Å². The van der Waals surface area contributed by atoms with Gasteiger partial charge in [-0.05, 0) is 54.1 Å². The number of rotatable bonds is 6. The summed E-state index contributed by atoms with van der Waals surface area (Å²) < 4.78 is 10.3. The van der Waals surface area contributed by atoms with Gasteiger partial charge >= 0.3 is 6.09 Å². The first-order valence-corrected chi connectivity index (χ1v) is 9.18. The second-order valence-electron chi connectivity index (χ2n) is 6.03. The number of benzene rings is 2. The summed E-state index contributed by atoms with van der Waals surface area (Å²) in [5.41, 5.74) is 1.04. The van der Waals surface area contributed by atoms with Gasteiger partial charge in [-0.3, -0.25) is 10.1 Å². The Kier molecular flexibility index (Phi) is 6.87. The molecule has 7 nitrogen and oxygen atoms in total. The topological polar surface area (TPSA) is 104 Å². The van der Waals surface area contributed by atoms with Crippen molar-refractivity contribution in [3.63, 3.8) is 0 Å². The highest BCUT2D eigenvalue weighted by Gasteiger charge is 2.10. The van der Waals surface area contributed by atoms with Crippen molar-refractivity contribution in [1.82, 2.24) is 5.32 Å². The number of nitrogens with one attached hydrogen (secondary N) is 2. The molecule has 3 rings (SSSR count). The van der Waals surface area contributed by atoms with Gasteiger partial charge in [0.1, 0.15) is 23.2 Å². The highest BCUT2D eigenvalue weighted by Crippen LogP contribution is 2.18. The summed E-state index contributed by atoms with van der Waals surface area (Å²) in [6.45, 7) is 0.180. The fraction of sp³-hybridized carbons (Fsp3) is 0.0455. The van der Waals surface area contributed by atoms with E-state index in [-0.39, 0.29) is 12.1 Å². The number of hydrogen-bond donors (Lipinski definition) is 2. The van der Waals surface area contributed by atoms with E-state index in [0.717, 1.165) is 0 Å². The molecule has 8 heteroatoms. The third-order valence-electron chi connectivity index (χ3n) is 3.84. The zero-order chi connectivity index (χ0) is 21.3. The van der Waals surface area contributed by atoms with Crippen LogP contribution in [0.15, 0.2) is 76.9 Å². The standard InChI is InChI=1S/C22H16ClN3O4/c23-17-3-1-4-18(12-17)26-22(28)30-19-8-6-15(7-9-19)11-16(13-24)21(27)25-14-20-5-2-10-29-20/h1-12H,14H2,(H,25,27)(H,26,28)/b16-11+. The maximum atomic E-state index is 12.2. The van der Waals surface area contributed by atoms with Gasteiger partial charge in [-0.2, -0.15) is 5.26 Å². The van der Waals surface area contributed by atoms with Gasteiger partial charge in [0.25, 0.3) is 5.91 Å². The third-order valence-corrected chi connectivity index (χ3v) is 4.08. The van der Waals surface area contributed by atoms with Crippen LogP contribution in [0, 0.1) is 11.3 Å². The van der Waals surface area contributed by atoms with Crippen molar-refractivity contribution in [3.05, 3.63) is 88.8 Å². The lowest BCUT2D eigenvalue weighted by molar-refractivity contribution is -0.117. The van der Waals surface area contributed by atoms with Gasteiger partial charge in [0.2, 0.25) is 0 Å². The molecule has 0 bridgehead atoms. The average Bonchev–Trinajstić information content (AvgIpc) is 3.25. The molecule has 0 unspecified atom stereocenters. The van der Waals surface area contributed by atoms with Crippen LogP contribution in [0.3, 0.4) is 0 Å². The normalized spacial score (nSPS) is 10.7. The Morgan fingerprint density at radius 2 is 1.93 bits per heavy atom. The van der Waals surface area contributed by atoms with Gasteiger partial charge in [-0.1, -0.05) is 29.8 Å². The molecular weight excluding hydrogens is 406 g/mol. The number of anilines is 1. The largest absolute Gasteiger partial charge is 0.467 e. The Labute approximate surface area is 177 Å². The number of nitriles is 1. The molecule has 2 amide bonds. The van der Waals surface area contributed by atoms with Crippen molar-refractivity contribution in [1.29, 1.82) is 5.26 Å². The van der Waals surface area contributed by atoms with E-state index in [1.807, 2.05) is 6.07 Å². The molecule has 3 aromatic rings. The molecule has 0 radical (unpaired) electrons. The van der Waals surface area contributed by atoms with E-state index in [1.165, 1.54) is 12.3 Å². The Hall–Kier alpha value is -4.02. The van der Waals surface area contributed by atoms with Crippen LogP contribution in [0.2, 0.25) is 5.02 Å². The second-order valence-corrected chi connectivity index (χ2v) is 6.46. The fourth-order valence-corrected chi connectivity index (χ4v) is 2.63. The van der Waals surface area contributed by atoms with Crippen LogP contribution in [-0.2, 0) is 11.3 Å². The van der Waals surface area contributed by atoms with Gasteiger partial charge in [0.05, 0.1) is 12.8 Å². The predicted octanol–water partition coefficient (Wildman–Crippen LogP) is 4.77. The first kappa shape index (κ1) is 20.7. The predicted molar refractivity (Wildman–Crippen MR) is 112 cm³/mol. The monoisotopic (exact) mass is 421 g/mol. The molecule has 0 atom stereocenters. The molecule has 0 aliphatic heterocycles. The van der Waals surface area contributed by atoms with Crippen LogP contribution < -0.4 is 15.4 Å². The lowest BCUT2D eigenvalue weighted by Crippen LogP contribution is -2.23. The van der Waals surface area contributed by atoms with E-state index in [9.17, 15) is 14.9 Å². The zero-order valence-corrected chi connectivity index (χ0v) is 16.3. The molecule has 1 heterocycles. The van der Waals surface area contributed by atoms with Gasteiger partial charge in [-0.25, -0.2) is 4.79 Å². The maximum absolute atomic E-state index is 12.2. The Morgan fingerprint density at radius 3 is 2.60 bits per heavy atom. The molecule has 2 N–H and O–H groups in total. The summed E-state index contributed by atoms with van der Waals surface area (Å²) in [7, 11) is 0. The maximum Gasteiger partial charge on any atom is 0.417 e. The first-order valence-electron chi connectivity index (χ1n) is 8.80. The molecule has 0 aliphatic rings. The Morgan fingerprint density at radius 1 is 1.13 bits per heavy atom. The van der Waals surface area contributed by atoms with Gasteiger partial charge in [0, 0.05) is 10.7 Å². The SMILES string of the molecule is N#C/C(=C\c1ccc(OC(=O)Nc2cccc(Cl)c2)cc1)C(=O)NCc1ccco1. The highest BCUT2D eigenvalue weighted by molar-refractivity contribution is 6.30. The number of carbonyl (C=O) groups is 2. The van der Waals surface area contributed by atoms with Crippen molar-refractivity contribution in [2.45, 2.75) is 6.54 Å². The minimum Gasteiger partial charge on any atom is -0.467 e. The van der Waals surface area contributed by atoms with Crippen molar-refractivity contribution >= 4 is 35.4 Å². The molecule has 0 saturated heterocycles.